The molecule has 104 valence electrons. The van der Waals surface area contributed by atoms with Gasteiger partial charge in [-0.2, -0.15) is 0 Å². The molecule has 0 aliphatic rings. The molecule has 1 amide bonds. The highest BCUT2D eigenvalue weighted by atomic mass is 35.5. The SMILES string of the molecule is CNCCC(=O)NCc1csc(-c2ccco2)n1.Cl. The number of thiazole rings is 1. The van der Waals surface area contributed by atoms with Crippen LogP contribution in [0.5, 0.6) is 0 Å². The molecule has 0 aliphatic heterocycles. The minimum absolute atomic E-state index is 0. The van der Waals surface area contributed by atoms with Crippen LogP contribution in [0.4, 0.5) is 0 Å². The molecule has 0 radical (unpaired) electrons. The monoisotopic (exact) mass is 301 g/mol. The fourth-order valence-electron chi connectivity index (χ4n) is 1.42. The van der Waals surface area contributed by atoms with Crippen molar-refractivity contribution in [2.24, 2.45) is 0 Å². The van der Waals surface area contributed by atoms with Gasteiger partial charge in [0.05, 0.1) is 18.5 Å². The molecule has 19 heavy (non-hydrogen) atoms. The van der Waals surface area contributed by atoms with E-state index in [2.05, 4.69) is 15.6 Å². The van der Waals surface area contributed by atoms with Crippen LogP contribution in [0.15, 0.2) is 28.2 Å². The zero-order valence-electron chi connectivity index (χ0n) is 10.5. The van der Waals surface area contributed by atoms with Gasteiger partial charge in [0.2, 0.25) is 5.91 Å². The molecule has 2 rings (SSSR count). The van der Waals surface area contributed by atoms with Crippen LogP contribution in [0, 0.1) is 0 Å². The lowest BCUT2D eigenvalue weighted by Crippen LogP contribution is -2.26. The summed E-state index contributed by atoms with van der Waals surface area (Å²) in [6.45, 7) is 1.14. The molecule has 0 aromatic carbocycles. The van der Waals surface area contributed by atoms with Crippen LogP contribution >= 0.6 is 23.7 Å². The van der Waals surface area contributed by atoms with Crippen molar-refractivity contribution in [1.82, 2.24) is 15.6 Å². The molecule has 7 heteroatoms. The van der Waals surface area contributed by atoms with Crippen molar-refractivity contribution in [2.75, 3.05) is 13.6 Å². The van der Waals surface area contributed by atoms with E-state index in [1.54, 1.807) is 6.26 Å². The fraction of sp³-hybridized carbons (Fsp3) is 0.333. The Morgan fingerprint density at radius 2 is 2.37 bits per heavy atom. The molecule has 2 heterocycles. The molecule has 0 aliphatic carbocycles. The highest BCUT2D eigenvalue weighted by Crippen LogP contribution is 2.23. The van der Waals surface area contributed by atoms with E-state index in [1.807, 2.05) is 24.6 Å². The maximum atomic E-state index is 11.4. The first kappa shape index (κ1) is 15.7. The topological polar surface area (TPSA) is 67.2 Å². The Bertz CT molecular complexity index is 499. The number of amides is 1. The highest BCUT2D eigenvalue weighted by molar-refractivity contribution is 7.13. The quantitative estimate of drug-likeness (QED) is 0.857. The second-order valence-corrected chi connectivity index (χ2v) is 4.61. The van der Waals surface area contributed by atoms with Gasteiger partial charge in [0, 0.05) is 18.3 Å². The molecule has 0 bridgehead atoms. The van der Waals surface area contributed by atoms with Gasteiger partial charge in [-0.3, -0.25) is 4.79 Å². The molecule has 2 aromatic heterocycles. The predicted octanol–water partition coefficient (Wildman–Crippen LogP) is 2.05. The number of hydrogen-bond acceptors (Lipinski definition) is 5. The largest absolute Gasteiger partial charge is 0.462 e. The zero-order chi connectivity index (χ0) is 12.8. The van der Waals surface area contributed by atoms with Crippen molar-refractivity contribution >= 4 is 29.7 Å². The highest BCUT2D eigenvalue weighted by Gasteiger charge is 2.07. The van der Waals surface area contributed by atoms with Crippen molar-refractivity contribution in [3.05, 3.63) is 29.5 Å². The number of nitrogens with one attached hydrogen (secondary N) is 2. The van der Waals surface area contributed by atoms with E-state index in [9.17, 15) is 4.79 Å². The second-order valence-electron chi connectivity index (χ2n) is 3.75. The minimum Gasteiger partial charge on any atom is -0.462 e. The summed E-state index contributed by atoms with van der Waals surface area (Å²) in [6, 6.07) is 3.70. The average Bonchev–Trinajstić information content (AvgIpc) is 3.03. The van der Waals surface area contributed by atoms with Gasteiger partial charge in [0.15, 0.2) is 10.8 Å². The van der Waals surface area contributed by atoms with Crippen molar-refractivity contribution in [3.8, 4) is 10.8 Å². The number of carbonyl (C=O) groups excluding carboxylic acids is 1. The standard InChI is InChI=1S/C12H15N3O2S.ClH/c1-13-5-4-11(16)14-7-9-8-18-12(15-9)10-3-2-6-17-10;/h2-3,6,8,13H,4-5,7H2,1H3,(H,14,16);1H. The number of rotatable bonds is 6. The third-order valence-electron chi connectivity index (χ3n) is 2.35. The van der Waals surface area contributed by atoms with Gasteiger partial charge in [-0.05, 0) is 19.2 Å². The summed E-state index contributed by atoms with van der Waals surface area (Å²) in [6.07, 6.45) is 2.10. The smallest absolute Gasteiger partial charge is 0.221 e. The van der Waals surface area contributed by atoms with Crippen molar-refractivity contribution in [3.63, 3.8) is 0 Å². The van der Waals surface area contributed by atoms with Gasteiger partial charge in [0.25, 0.3) is 0 Å². The molecule has 0 spiro atoms. The molecular weight excluding hydrogens is 286 g/mol. The fourth-order valence-corrected chi connectivity index (χ4v) is 2.20. The third kappa shape index (κ3) is 4.66. The number of carbonyl (C=O) groups is 1. The molecule has 0 fully saturated rings. The molecular formula is C12H16ClN3O2S. The summed E-state index contributed by atoms with van der Waals surface area (Å²) in [5.41, 5.74) is 0.851. The average molecular weight is 302 g/mol. The Morgan fingerprint density at radius 1 is 1.53 bits per heavy atom. The molecule has 0 atom stereocenters. The van der Waals surface area contributed by atoms with Crippen LogP contribution in [-0.2, 0) is 11.3 Å². The van der Waals surface area contributed by atoms with Crippen LogP contribution in [0.1, 0.15) is 12.1 Å². The summed E-state index contributed by atoms with van der Waals surface area (Å²) in [4.78, 5) is 15.8. The third-order valence-corrected chi connectivity index (χ3v) is 3.26. The predicted molar refractivity (Wildman–Crippen MR) is 77.5 cm³/mol. The van der Waals surface area contributed by atoms with Gasteiger partial charge in [-0.15, -0.1) is 23.7 Å². The van der Waals surface area contributed by atoms with Crippen molar-refractivity contribution < 1.29 is 9.21 Å². The first-order valence-corrected chi connectivity index (χ1v) is 6.57. The van der Waals surface area contributed by atoms with Crippen molar-refractivity contribution in [2.45, 2.75) is 13.0 Å². The molecule has 0 saturated heterocycles. The number of furan rings is 1. The van der Waals surface area contributed by atoms with Crippen molar-refractivity contribution in [1.29, 1.82) is 0 Å². The van der Waals surface area contributed by atoms with Gasteiger partial charge in [0.1, 0.15) is 0 Å². The summed E-state index contributed by atoms with van der Waals surface area (Å²) in [5.74, 6) is 0.782. The number of nitrogens with zero attached hydrogens (tertiary/aromatic N) is 1. The zero-order valence-corrected chi connectivity index (χ0v) is 12.1. The second kappa shape index (κ2) is 7.93. The summed E-state index contributed by atoms with van der Waals surface area (Å²) < 4.78 is 5.26. The summed E-state index contributed by atoms with van der Waals surface area (Å²) in [7, 11) is 1.82. The Morgan fingerprint density at radius 3 is 3.05 bits per heavy atom. The van der Waals surface area contributed by atoms with Crippen LogP contribution in [0.3, 0.4) is 0 Å². The summed E-state index contributed by atoms with van der Waals surface area (Å²) >= 11 is 1.51. The van der Waals surface area contributed by atoms with Gasteiger partial charge >= 0.3 is 0 Å². The number of aromatic nitrogens is 1. The Labute approximate surface area is 121 Å². The van der Waals surface area contributed by atoms with Crippen LogP contribution < -0.4 is 10.6 Å². The van der Waals surface area contributed by atoms with E-state index in [0.29, 0.717) is 19.5 Å². The van der Waals surface area contributed by atoms with E-state index in [-0.39, 0.29) is 18.3 Å². The Hall–Kier alpha value is -1.37. The normalized spacial score (nSPS) is 9.95. The Kier molecular flexibility index (Phi) is 6.55. The summed E-state index contributed by atoms with van der Waals surface area (Å²) in [5, 5.41) is 8.52. The lowest BCUT2D eigenvalue weighted by Gasteiger charge is -2.02. The van der Waals surface area contributed by atoms with Crippen LogP contribution in [0.25, 0.3) is 10.8 Å². The number of halogens is 1. The lowest BCUT2D eigenvalue weighted by atomic mass is 10.4. The molecule has 0 saturated carbocycles. The lowest BCUT2D eigenvalue weighted by molar-refractivity contribution is -0.121. The first-order valence-electron chi connectivity index (χ1n) is 5.69. The molecule has 2 aromatic rings. The van der Waals surface area contributed by atoms with Gasteiger partial charge < -0.3 is 15.1 Å². The van der Waals surface area contributed by atoms with Crippen LogP contribution in [0.2, 0.25) is 0 Å². The Balaban J connectivity index is 0.00000180. The van der Waals surface area contributed by atoms with Crippen LogP contribution in [-0.4, -0.2) is 24.5 Å². The van der Waals surface area contributed by atoms with E-state index >= 15 is 0 Å². The first-order chi connectivity index (χ1) is 8.79. The molecule has 0 unspecified atom stereocenters. The van der Waals surface area contributed by atoms with E-state index in [0.717, 1.165) is 16.5 Å². The maximum absolute atomic E-state index is 11.4. The van der Waals surface area contributed by atoms with E-state index in [1.165, 1.54) is 11.3 Å². The van der Waals surface area contributed by atoms with Gasteiger partial charge in [-0.1, -0.05) is 0 Å². The van der Waals surface area contributed by atoms with E-state index < -0.39 is 0 Å². The molecule has 5 nitrogen and oxygen atoms in total. The van der Waals surface area contributed by atoms with Gasteiger partial charge in [-0.25, -0.2) is 4.98 Å². The maximum Gasteiger partial charge on any atom is 0.221 e. The minimum atomic E-state index is 0. The van der Waals surface area contributed by atoms with E-state index in [4.69, 9.17) is 4.42 Å². The number of hydrogen-bond donors (Lipinski definition) is 2. The molecule has 2 N–H and O–H groups in total.